The summed E-state index contributed by atoms with van der Waals surface area (Å²) in [4.78, 5) is 0. The summed E-state index contributed by atoms with van der Waals surface area (Å²) in [6.07, 6.45) is 7.80. The van der Waals surface area contributed by atoms with Gasteiger partial charge in [0.2, 0.25) is 0 Å². The van der Waals surface area contributed by atoms with Gasteiger partial charge in [0.1, 0.15) is 13.1 Å². The first-order valence-electron chi connectivity index (χ1n) is 5.63. The molecule has 1 aromatic rings. The van der Waals surface area contributed by atoms with Crippen LogP contribution in [0.3, 0.4) is 0 Å². The van der Waals surface area contributed by atoms with Gasteiger partial charge in [-0.1, -0.05) is 40.7 Å². The van der Waals surface area contributed by atoms with E-state index in [2.05, 4.69) is 59.1 Å². The Kier molecular flexibility index (Phi) is 3.62. The van der Waals surface area contributed by atoms with Crippen molar-refractivity contribution in [1.82, 2.24) is 0 Å². The number of nitrogens with zero attached hydrogens (tertiary/aromatic N) is 1. The summed E-state index contributed by atoms with van der Waals surface area (Å²) in [5.41, 5.74) is 1.37. The molecule has 1 aliphatic rings. The van der Waals surface area contributed by atoms with Gasteiger partial charge in [0.15, 0.2) is 0 Å². The van der Waals surface area contributed by atoms with Crippen molar-refractivity contribution in [3.63, 3.8) is 0 Å². The standard InChI is InChI=1S/C14H17BrN/c1-2-9-16(10-5-6-11-16)12-13-7-3-4-8-14(13)15/h2-5,7-8,10H,1,6,9,11-12H2/q+1. The van der Waals surface area contributed by atoms with Crippen molar-refractivity contribution in [1.29, 1.82) is 0 Å². The molecule has 0 amide bonds. The average Bonchev–Trinajstić information content (AvgIpc) is 2.71. The second kappa shape index (κ2) is 4.98. The first-order valence-corrected chi connectivity index (χ1v) is 6.43. The number of rotatable bonds is 4. The third kappa shape index (κ3) is 2.45. The molecule has 2 rings (SSSR count). The van der Waals surface area contributed by atoms with Gasteiger partial charge in [-0.2, -0.15) is 0 Å². The number of quaternary nitrogens is 1. The van der Waals surface area contributed by atoms with Gasteiger partial charge in [-0.05, 0) is 18.2 Å². The molecule has 0 bridgehead atoms. The van der Waals surface area contributed by atoms with Crippen molar-refractivity contribution in [2.75, 3.05) is 13.1 Å². The van der Waals surface area contributed by atoms with Crippen LogP contribution in [0.2, 0.25) is 0 Å². The van der Waals surface area contributed by atoms with Crippen molar-refractivity contribution in [2.45, 2.75) is 13.0 Å². The molecule has 1 nitrogen and oxygen atoms in total. The Labute approximate surface area is 106 Å². The van der Waals surface area contributed by atoms with Gasteiger partial charge in [-0.25, -0.2) is 0 Å². The van der Waals surface area contributed by atoms with Crippen LogP contribution in [0.15, 0.2) is 53.7 Å². The Morgan fingerprint density at radius 3 is 2.81 bits per heavy atom. The van der Waals surface area contributed by atoms with E-state index in [0.717, 1.165) is 17.6 Å². The maximum Gasteiger partial charge on any atom is 0.110 e. The fraction of sp³-hybridized carbons (Fsp3) is 0.286. The predicted octanol–water partition coefficient (Wildman–Crippen LogP) is 3.87. The van der Waals surface area contributed by atoms with E-state index >= 15 is 0 Å². The predicted molar refractivity (Wildman–Crippen MR) is 71.8 cm³/mol. The van der Waals surface area contributed by atoms with Gasteiger partial charge in [-0.15, -0.1) is 0 Å². The van der Waals surface area contributed by atoms with Crippen LogP contribution in [-0.2, 0) is 6.54 Å². The smallest absolute Gasteiger partial charge is 0.110 e. The molecular weight excluding hydrogens is 262 g/mol. The van der Waals surface area contributed by atoms with Crippen molar-refractivity contribution in [3.05, 3.63) is 59.2 Å². The highest BCUT2D eigenvalue weighted by atomic mass is 79.9. The van der Waals surface area contributed by atoms with Crippen molar-refractivity contribution < 1.29 is 4.48 Å². The second-order valence-corrected chi connectivity index (χ2v) is 5.19. The molecule has 0 saturated carbocycles. The normalized spacial score (nSPS) is 23.6. The lowest BCUT2D eigenvalue weighted by atomic mass is 10.2. The van der Waals surface area contributed by atoms with Crippen molar-refractivity contribution >= 4 is 15.9 Å². The summed E-state index contributed by atoms with van der Waals surface area (Å²) in [6, 6.07) is 8.47. The summed E-state index contributed by atoms with van der Waals surface area (Å²) in [5.74, 6) is 0. The number of halogens is 1. The van der Waals surface area contributed by atoms with Crippen molar-refractivity contribution in [3.8, 4) is 0 Å². The van der Waals surface area contributed by atoms with E-state index in [4.69, 9.17) is 0 Å². The summed E-state index contributed by atoms with van der Waals surface area (Å²) >= 11 is 3.62. The summed E-state index contributed by atoms with van der Waals surface area (Å²) in [7, 11) is 0. The minimum atomic E-state index is 1.01. The van der Waals surface area contributed by atoms with Crippen LogP contribution < -0.4 is 0 Å². The highest BCUT2D eigenvalue weighted by Crippen LogP contribution is 2.25. The minimum absolute atomic E-state index is 1.01. The van der Waals surface area contributed by atoms with E-state index < -0.39 is 0 Å². The van der Waals surface area contributed by atoms with Gasteiger partial charge >= 0.3 is 0 Å². The Morgan fingerprint density at radius 2 is 2.19 bits per heavy atom. The molecule has 84 valence electrons. The van der Waals surface area contributed by atoms with Crippen LogP contribution in [0.1, 0.15) is 12.0 Å². The van der Waals surface area contributed by atoms with Crippen LogP contribution in [0.5, 0.6) is 0 Å². The molecule has 1 aliphatic heterocycles. The van der Waals surface area contributed by atoms with Gasteiger partial charge in [0.25, 0.3) is 0 Å². The quantitative estimate of drug-likeness (QED) is 0.580. The zero-order chi connectivity index (χ0) is 11.4. The maximum atomic E-state index is 3.87. The lowest BCUT2D eigenvalue weighted by Crippen LogP contribution is -2.40. The molecule has 1 heterocycles. The average molecular weight is 279 g/mol. The van der Waals surface area contributed by atoms with Gasteiger partial charge in [-0.3, -0.25) is 4.48 Å². The van der Waals surface area contributed by atoms with Gasteiger partial charge in [0, 0.05) is 16.5 Å². The highest BCUT2D eigenvalue weighted by molar-refractivity contribution is 9.10. The van der Waals surface area contributed by atoms with E-state index in [0.29, 0.717) is 0 Å². The molecule has 16 heavy (non-hydrogen) atoms. The SMILES string of the molecule is C=CC[N+]1(Cc2ccccc2Br)C=CCC1. The van der Waals surface area contributed by atoms with Crippen LogP contribution in [-0.4, -0.2) is 17.6 Å². The Hall–Kier alpha value is -0.860. The molecule has 0 aromatic heterocycles. The van der Waals surface area contributed by atoms with E-state index in [1.165, 1.54) is 23.0 Å². The largest absolute Gasteiger partial charge is 0.290 e. The van der Waals surface area contributed by atoms with Crippen molar-refractivity contribution in [2.24, 2.45) is 0 Å². The Morgan fingerprint density at radius 1 is 1.38 bits per heavy atom. The first kappa shape index (κ1) is 11.6. The highest BCUT2D eigenvalue weighted by Gasteiger charge is 2.27. The first-order chi connectivity index (χ1) is 7.76. The molecule has 0 spiro atoms. The molecule has 2 heteroatoms. The second-order valence-electron chi connectivity index (χ2n) is 4.34. The minimum Gasteiger partial charge on any atom is -0.290 e. The van der Waals surface area contributed by atoms with Gasteiger partial charge in [0.05, 0.1) is 12.7 Å². The molecule has 0 saturated heterocycles. The Bertz CT molecular complexity index is 411. The molecule has 0 N–H and O–H groups in total. The third-order valence-corrected chi connectivity index (χ3v) is 3.87. The van der Waals surface area contributed by atoms with Crippen LogP contribution in [0.25, 0.3) is 0 Å². The summed E-state index contributed by atoms with van der Waals surface area (Å²) in [6.45, 7) is 7.12. The summed E-state index contributed by atoms with van der Waals surface area (Å²) < 4.78 is 2.21. The molecule has 0 fully saturated rings. The monoisotopic (exact) mass is 278 g/mol. The molecule has 1 atom stereocenters. The van der Waals surface area contributed by atoms with Gasteiger partial charge < -0.3 is 0 Å². The zero-order valence-electron chi connectivity index (χ0n) is 9.40. The third-order valence-electron chi connectivity index (χ3n) is 3.10. The fourth-order valence-electron chi connectivity index (χ4n) is 2.28. The molecular formula is C14H17BrN+. The van der Waals surface area contributed by atoms with E-state index in [1.54, 1.807) is 0 Å². The number of hydrogen-bond acceptors (Lipinski definition) is 0. The van der Waals surface area contributed by atoms with Crippen LogP contribution in [0, 0.1) is 0 Å². The topological polar surface area (TPSA) is 0 Å². The maximum absolute atomic E-state index is 3.87. The lowest BCUT2D eigenvalue weighted by molar-refractivity contribution is -0.881. The van der Waals surface area contributed by atoms with E-state index in [1.807, 2.05) is 6.08 Å². The molecule has 1 aromatic carbocycles. The summed E-state index contributed by atoms with van der Waals surface area (Å²) in [5, 5.41) is 0. The molecule has 0 aliphatic carbocycles. The molecule has 0 radical (unpaired) electrons. The van der Waals surface area contributed by atoms with E-state index in [-0.39, 0.29) is 0 Å². The molecule has 1 unspecified atom stereocenters. The fourth-order valence-corrected chi connectivity index (χ4v) is 2.69. The van der Waals surface area contributed by atoms with Crippen LogP contribution in [0.4, 0.5) is 0 Å². The van der Waals surface area contributed by atoms with Crippen LogP contribution >= 0.6 is 15.9 Å². The Balaban J connectivity index is 2.21. The lowest BCUT2D eigenvalue weighted by Gasteiger charge is -2.31. The number of hydrogen-bond donors (Lipinski definition) is 0. The number of benzene rings is 1. The zero-order valence-corrected chi connectivity index (χ0v) is 11.0. The van der Waals surface area contributed by atoms with E-state index in [9.17, 15) is 0 Å².